The Balaban J connectivity index is 3.77. The molecule has 0 saturated heterocycles. The summed E-state index contributed by atoms with van der Waals surface area (Å²) in [5.74, 6) is -0.377. The Labute approximate surface area is 79.9 Å². The lowest BCUT2D eigenvalue weighted by atomic mass is 10.4. The highest BCUT2D eigenvalue weighted by atomic mass is 16.5. The second-order valence-corrected chi connectivity index (χ2v) is 4.03. The number of likely N-dealkylation sites (N-methyl/N-ethyl adjacent to an activating group) is 1. The number of esters is 1. The van der Waals surface area contributed by atoms with Crippen LogP contribution in [0.15, 0.2) is 24.5 Å². The Kier molecular flexibility index (Phi) is 4.42. The van der Waals surface area contributed by atoms with Crippen LogP contribution in [-0.2, 0) is 9.53 Å². The molecule has 0 spiro atoms. The molecule has 0 bridgehead atoms. The summed E-state index contributed by atoms with van der Waals surface area (Å²) in [4.78, 5) is 10.9. The fourth-order valence-electron chi connectivity index (χ4n) is 0.570. The molecule has 0 fully saturated rings. The number of ether oxygens (including phenoxy) is 1. The van der Waals surface area contributed by atoms with Gasteiger partial charge in [0.15, 0.2) is 0 Å². The first-order valence-corrected chi connectivity index (χ1v) is 4.15. The van der Waals surface area contributed by atoms with Crippen molar-refractivity contribution in [3.8, 4) is 0 Å². The second-order valence-electron chi connectivity index (χ2n) is 4.03. The molecule has 0 aliphatic carbocycles. The van der Waals surface area contributed by atoms with Gasteiger partial charge < -0.3 is 9.22 Å². The van der Waals surface area contributed by atoms with Crippen LogP contribution in [-0.4, -0.2) is 38.1 Å². The lowest BCUT2D eigenvalue weighted by Crippen LogP contribution is -2.34. The predicted molar refractivity (Wildman–Crippen MR) is 52.9 cm³/mol. The summed E-state index contributed by atoms with van der Waals surface area (Å²) in [6, 6.07) is 0. The lowest BCUT2D eigenvalue weighted by molar-refractivity contribution is -0.864. The quantitative estimate of drug-likeness (QED) is 0.285. The molecule has 3 nitrogen and oxygen atoms in total. The van der Waals surface area contributed by atoms with Crippen LogP contribution < -0.4 is 0 Å². The van der Waals surface area contributed by atoms with Gasteiger partial charge in [-0.3, -0.25) is 0 Å². The minimum absolute atomic E-state index is 0.377. The molecule has 0 radical (unpaired) electrons. The molecule has 0 rings (SSSR count). The van der Waals surface area contributed by atoms with E-state index in [1.807, 2.05) is 6.08 Å². The minimum Gasteiger partial charge on any atom is -0.431 e. The topological polar surface area (TPSA) is 26.3 Å². The molecular formula is C10H18NO2+. The van der Waals surface area contributed by atoms with Crippen LogP contribution in [0.5, 0.6) is 0 Å². The zero-order valence-electron chi connectivity index (χ0n) is 8.83. The van der Waals surface area contributed by atoms with Gasteiger partial charge in [-0.25, -0.2) is 4.79 Å². The van der Waals surface area contributed by atoms with Gasteiger partial charge in [-0.15, -0.1) is 0 Å². The molecule has 0 aromatic rings. The molecule has 0 unspecified atom stereocenters. The Morgan fingerprint density at radius 1 is 1.46 bits per heavy atom. The molecular weight excluding hydrogens is 166 g/mol. The number of carbonyl (C=O) groups is 1. The maximum absolute atomic E-state index is 10.9. The van der Waals surface area contributed by atoms with Crippen molar-refractivity contribution in [1.29, 1.82) is 0 Å². The van der Waals surface area contributed by atoms with Crippen LogP contribution in [0, 0.1) is 0 Å². The van der Waals surface area contributed by atoms with Gasteiger partial charge in [0.25, 0.3) is 0 Å². The van der Waals surface area contributed by atoms with Gasteiger partial charge >= 0.3 is 5.97 Å². The average Bonchev–Trinajstić information content (AvgIpc) is 1.95. The molecule has 13 heavy (non-hydrogen) atoms. The van der Waals surface area contributed by atoms with E-state index in [1.54, 1.807) is 6.92 Å². The zero-order chi connectivity index (χ0) is 10.5. The number of hydrogen-bond donors (Lipinski definition) is 0. The Hall–Kier alpha value is -1.09. The van der Waals surface area contributed by atoms with Crippen molar-refractivity contribution in [3.63, 3.8) is 0 Å². The van der Waals surface area contributed by atoms with E-state index in [0.29, 0.717) is 5.57 Å². The van der Waals surface area contributed by atoms with E-state index in [4.69, 9.17) is 4.74 Å². The summed E-state index contributed by atoms with van der Waals surface area (Å²) < 4.78 is 5.58. The van der Waals surface area contributed by atoms with Crippen molar-refractivity contribution in [2.45, 2.75) is 6.92 Å². The molecule has 0 aromatic heterocycles. The number of rotatable bonds is 4. The van der Waals surface area contributed by atoms with Crippen molar-refractivity contribution in [2.75, 3.05) is 27.7 Å². The van der Waals surface area contributed by atoms with Crippen LogP contribution >= 0.6 is 0 Å². The first-order chi connectivity index (χ1) is 5.83. The van der Waals surface area contributed by atoms with E-state index in [9.17, 15) is 4.79 Å². The fraction of sp³-hybridized carbons (Fsp3) is 0.500. The molecule has 3 heteroatoms. The lowest BCUT2D eigenvalue weighted by Gasteiger charge is -2.21. The van der Waals surface area contributed by atoms with Crippen LogP contribution in [0.3, 0.4) is 0 Å². The van der Waals surface area contributed by atoms with E-state index < -0.39 is 0 Å². The molecule has 0 atom stereocenters. The monoisotopic (exact) mass is 184 g/mol. The summed E-state index contributed by atoms with van der Waals surface area (Å²) in [6.07, 6.45) is 3.24. The summed E-state index contributed by atoms with van der Waals surface area (Å²) in [6.45, 7) is 5.91. The van der Waals surface area contributed by atoms with E-state index in [2.05, 4.69) is 27.7 Å². The summed E-state index contributed by atoms with van der Waals surface area (Å²) in [7, 11) is 6.18. The van der Waals surface area contributed by atoms with Gasteiger partial charge in [0, 0.05) is 11.6 Å². The average molecular weight is 184 g/mol. The highest BCUT2D eigenvalue weighted by Crippen LogP contribution is 1.94. The summed E-state index contributed by atoms with van der Waals surface area (Å²) in [5.41, 5.74) is 0.412. The Bertz CT molecular complexity index is 224. The van der Waals surface area contributed by atoms with Crippen LogP contribution in [0.4, 0.5) is 0 Å². The molecule has 0 aromatic carbocycles. The third kappa shape index (κ3) is 7.28. The van der Waals surface area contributed by atoms with Crippen molar-refractivity contribution < 1.29 is 14.0 Å². The molecule has 0 aliphatic heterocycles. The number of nitrogens with zero attached hydrogens (tertiary/aromatic N) is 1. The van der Waals surface area contributed by atoms with Gasteiger partial charge in [-0.2, -0.15) is 0 Å². The Morgan fingerprint density at radius 2 is 2.00 bits per heavy atom. The normalized spacial score (nSPS) is 11.7. The van der Waals surface area contributed by atoms with Gasteiger partial charge in [0.1, 0.15) is 6.54 Å². The van der Waals surface area contributed by atoms with Gasteiger partial charge in [0.05, 0.1) is 27.4 Å². The van der Waals surface area contributed by atoms with Crippen LogP contribution in [0.25, 0.3) is 0 Å². The van der Waals surface area contributed by atoms with Crippen molar-refractivity contribution in [3.05, 3.63) is 24.5 Å². The fourth-order valence-corrected chi connectivity index (χ4v) is 0.570. The molecule has 0 saturated carbocycles. The Morgan fingerprint density at radius 3 is 2.38 bits per heavy atom. The largest absolute Gasteiger partial charge is 0.431 e. The van der Waals surface area contributed by atoms with E-state index >= 15 is 0 Å². The van der Waals surface area contributed by atoms with Gasteiger partial charge in [-0.1, -0.05) is 6.58 Å². The standard InChI is InChI=1S/C10H18NO2/c1-9(2)10(12)13-8-6-7-11(3,4)5/h6,8H,1,7H2,2-5H3/q+1. The third-order valence-electron chi connectivity index (χ3n) is 1.27. The van der Waals surface area contributed by atoms with E-state index in [0.717, 1.165) is 11.0 Å². The predicted octanol–water partition coefficient (Wildman–Crippen LogP) is 1.33. The summed E-state index contributed by atoms with van der Waals surface area (Å²) >= 11 is 0. The molecule has 0 aliphatic rings. The highest BCUT2D eigenvalue weighted by Gasteiger charge is 2.03. The number of quaternary nitrogens is 1. The molecule has 74 valence electrons. The maximum Gasteiger partial charge on any atom is 0.337 e. The smallest absolute Gasteiger partial charge is 0.337 e. The minimum atomic E-state index is -0.377. The zero-order valence-corrected chi connectivity index (χ0v) is 8.83. The second kappa shape index (κ2) is 4.82. The van der Waals surface area contributed by atoms with Crippen LogP contribution in [0.2, 0.25) is 0 Å². The van der Waals surface area contributed by atoms with Crippen molar-refractivity contribution >= 4 is 5.97 Å². The molecule has 0 amide bonds. The van der Waals surface area contributed by atoms with E-state index in [-0.39, 0.29) is 5.97 Å². The third-order valence-corrected chi connectivity index (χ3v) is 1.27. The maximum atomic E-state index is 10.9. The SMILES string of the molecule is C=C(C)C(=O)OC=CC[N+](C)(C)C. The first-order valence-electron chi connectivity index (χ1n) is 4.15. The molecule has 0 heterocycles. The number of carbonyl (C=O) groups excluding carboxylic acids is 1. The van der Waals surface area contributed by atoms with Gasteiger partial charge in [-0.05, 0) is 6.92 Å². The van der Waals surface area contributed by atoms with Crippen molar-refractivity contribution in [1.82, 2.24) is 0 Å². The van der Waals surface area contributed by atoms with E-state index in [1.165, 1.54) is 6.26 Å². The molecule has 0 N–H and O–H groups in total. The van der Waals surface area contributed by atoms with Gasteiger partial charge in [0.2, 0.25) is 0 Å². The highest BCUT2D eigenvalue weighted by molar-refractivity contribution is 5.87. The number of hydrogen-bond acceptors (Lipinski definition) is 2. The summed E-state index contributed by atoms with van der Waals surface area (Å²) in [5, 5.41) is 0. The van der Waals surface area contributed by atoms with Crippen LogP contribution in [0.1, 0.15) is 6.92 Å². The van der Waals surface area contributed by atoms with Crippen molar-refractivity contribution in [2.24, 2.45) is 0 Å². The first kappa shape index (κ1) is 11.9.